The molecular weight excluding hydrogens is 236 g/mol. The highest BCUT2D eigenvalue weighted by Gasteiger charge is 2.32. The first-order chi connectivity index (χ1) is 8.32. The van der Waals surface area contributed by atoms with E-state index in [4.69, 9.17) is 9.84 Å². The van der Waals surface area contributed by atoms with Crippen molar-refractivity contribution in [1.29, 1.82) is 0 Å². The number of ether oxygens (including phenoxy) is 1. The van der Waals surface area contributed by atoms with E-state index in [9.17, 15) is 9.59 Å². The zero-order chi connectivity index (χ0) is 13.9. The van der Waals surface area contributed by atoms with Crippen LogP contribution in [0, 0.1) is 0 Å². The normalized spacial score (nSPS) is 24.2. The van der Waals surface area contributed by atoms with Crippen molar-refractivity contribution in [3.63, 3.8) is 0 Å². The number of carbonyl (C=O) groups excluding carboxylic acids is 1. The molecule has 0 aromatic carbocycles. The van der Waals surface area contributed by atoms with E-state index in [1.54, 1.807) is 4.90 Å². The number of carboxylic acid groups (broad SMARTS) is 1. The van der Waals surface area contributed by atoms with E-state index in [1.165, 1.54) is 4.90 Å². The van der Waals surface area contributed by atoms with Gasteiger partial charge in [0.15, 0.2) is 0 Å². The lowest BCUT2D eigenvalue weighted by atomic mass is 10.2. The quantitative estimate of drug-likeness (QED) is 0.820. The van der Waals surface area contributed by atoms with E-state index in [1.807, 2.05) is 27.7 Å². The molecule has 0 aliphatic carbocycles. The summed E-state index contributed by atoms with van der Waals surface area (Å²) in [5.41, 5.74) is 0. The van der Waals surface area contributed by atoms with Crippen LogP contribution in [-0.4, -0.2) is 64.8 Å². The monoisotopic (exact) mass is 258 g/mol. The predicted octanol–water partition coefficient (Wildman–Crippen LogP) is 1.01. The summed E-state index contributed by atoms with van der Waals surface area (Å²) in [5, 5.41) is 8.86. The Morgan fingerprint density at radius 1 is 1.44 bits per heavy atom. The van der Waals surface area contributed by atoms with Crippen LogP contribution in [0.15, 0.2) is 0 Å². The summed E-state index contributed by atoms with van der Waals surface area (Å²) >= 11 is 0. The lowest BCUT2D eigenvalue weighted by Crippen LogP contribution is -2.56. The van der Waals surface area contributed by atoms with Crippen LogP contribution in [0.3, 0.4) is 0 Å². The van der Waals surface area contributed by atoms with Crippen molar-refractivity contribution in [2.24, 2.45) is 0 Å². The Morgan fingerprint density at radius 3 is 2.56 bits per heavy atom. The summed E-state index contributed by atoms with van der Waals surface area (Å²) in [6, 6.07) is -0.391. The van der Waals surface area contributed by atoms with Crippen LogP contribution < -0.4 is 0 Å². The highest BCUT2D eigenvalue weighted by Crippen LogP contribution is 2.15. The molecular formula is C12H22N2O4. The molecule has 1 rings (SSSR count). The number of morpholine rings is 1. The second kappa shape index (κ2) is 6.04. The fraction of sp³-hybridized carbons (Fsp3) is 0.833. The number of hydrogen-bond donors (Lipinski definition) is 1. The third kappa shape index (κ3) is 3.60. The van der Waals surface area contributed by atoms with Crippen molar-refractivity contribution in [2.75, 3.05) is 19.7 Å². The molecule has 2 atom stereocenters. The van der Waals surface area contributed by atoms with Crippen molar-refractivity contribution in [3.8, 4) is 0 Å². The van der Waals surface area contributed by atoms with Gasteiger partial charge in [-0.1, -0.05) is 0 Å². The smallest absolute Gasteiger partial charge is 0.323 e. The molecule has 1 aliphatic heterocycles. The van der Waals surface area contributed by atoms with Gasteiger partial charge in [-0.15, -0.1) is 0 Å². The zero-order valence-electron chi connectivity index (χ0n) is 11.4. The van der Waals surface area contributed by atoms with E-state index >= 15 is 0 Å². The summed E-state index contributed by atoms with van der Waals surface area (Å²) < 4.78 is 5.46. The van der Waals surface area contributed by atoms with Crippen LogP contribution in [0.25, 0.3) is 0 Å². The van der Waals surface area contributed by atoms with Gasteiger partial charge < -0.3 is 19.6 Å². The molecule has 1 aliphatic rings. The minimum Gasteiger partial charge on any atom is -0.480 e. The number of hydrogen-bond acceptors (Lipinski definition) is 3. The second-order valence-corrected chi connectivity index (χ2v) is 5.04. The highest BCUT2D eigenvalue weighted by molar-refractivity contribution is 5.80. The lowest BCUT2D eigenvalue weighted by molar-refractivity contribution is -0.138. The first-order valence-electron chi connectivity index (χ1n) is 6.23. The molecule has 0 bridgehead atoms. The molecule has 2 amide bonds. The van der Waals surface area contributed by atoms with Crippen LogP contribution >= 0.6 is 0 Å². The number of carboxylic acids is 1. The molecule has 6 nitrogen and oxygen atoms in total. The summed E-state index contributed by atoms with van der Waals surface area (Å²) in [6.07, 6.45) is -0.0102. The Labute approximate surface area is 107 Å². The number of amides is 2. The minimum absolute atomic E-state index is 0.0102. The maximum atomic E-state index is 12.4. The Morgan fingerprint density at radius 2 is 2.06 bits per heavy atom. The number of rotatable bonds is 3. The number of carbonyl (C=O) groups is 2. The van der Waals surface area contributed by atoms with Gasteiger partial charge in [-0.3, -0.25) is 4.79 Å². The summed E-state index contributed by atoms with van der Waals surface area (Å²) in [4.78, 5) is 26.2. The molecule has 1 saturated heterocycles. The number of urea groups is 1. The van der Waals surface area contributed by atoms with Gasteiger partial charge in [0, 0.05) is 12.6 Å². The fourth-order valence-electron chi connectivity index (χ4n) is 1.95. The average Bonchev–Trinajstić information content (AvgIpc) is 2.27. The van der Waals surface area contributed by atoms with Crippen LogP contribution in [0.1, 0.15) is 27.7 Å². The average molecular weight is 258 g/mol. The van der Waals surface area contributed by atoms with E-state index < -0.39 is 5.97 Å². The SMILES string of the molecule is CC1CN(C(=O)N(CC(=O)O)C(C)C)C(C)CO1. The van der Waals surface area contributed by atoms with Gasteiger partial charge in [0.1, 0.15) is 6.54 Å². The number of aliphatic carboxylic acids is 1. The molecule has 18 heavy (non-hydrogen) atoms. The van der Waals surface area contributed by atoms with E-state index in [-0.39, 0.29) is 30.8 Å². The van der Waals surface area contributed by atoms with Crippen molar-refractivity contribution in [3.05, 3.63) is 0 Å². The molecule has 0 aromatic heterocycles. The molecule has 0 radical (unpaired) electrons. The largest absolute Gasteiger partial charge is 0.480 e. The molecule has 1 heterocycles. The fourth-order valence-corrected chi connectivity index (χ4v) is 1.95. The van der Waals surface area contributed by atoms with Gasteiger partial charge in [0.2, 0.25) is 0 Å². The van der Waals surface area contributed by atoms with Crippen molar-refractivity contribution in [2.45, 2.75) is 45.9 Å². The highest BCUT2D eigenvalue weighted by atomic mass is 16.5. The van der Waals surface area contributed by atoms with Crippen molar-refractivity contribution < 1.29 is 19.4 Å². The van der Waals surface area contributed by atoms with E-state index in [2.05, 4.69) is 0 Å². The van der Waals surface area contributed by atoms with Crippen molar-refractivity contribution >= 4 is 12.0 Å². The summed E-state index contributed by atoms with van der Waals surface area (Å²) in [5.74, 6) is -0.994. The minimum atomic E-state index is -0.994. The van der Waals surface area contributed by atoms with Crippen LogP contribution in [0.2, 0.25) is 0 Å². The van der Waals surface area contributed by atoms with Gasteiger partial charge >= 0.3 is 12.0 Å². The van der Waals surface area contributed by atoms with Gasteiger partial charge in [-0.2, -0.15) is 0 Å². The van der Waals surface area contributed by atoms with E-state index in [0.29, 0.717) is 13.2 Å². The summed E-state index contributed by atoms with van der Waals surface area (Å²) in [6.45, 7) is 8.17. The third-order valence-corrected chi connectivity index (χ3v) is 3.03. The molecule has 1 fully saturated rings. The maximum Gasteiger partial charge on any atom is 0.323 e. The first-order valence-corrected chi connectivity index (χ1v) is 6.23. The van der Waals surface area contributed by atoms with Gasteiger partial charge in [-0.25, -0.2) is 4.79 Å². The Hall–Kier alpha value is -1.30. The Bertz CT molecular complexity index is 319. The maximum absolute atomic E-state index is 12.4. The number of nitrogens with zero attached hydrogens (tertiary/aromatic N) is 2. The topological polar surface area (TPSA) is 70.1 Å². The van der Waals surface area contributed by atoms with E-state index in [0.717, 1.165) is 0 Å². The molecule has 0 saturated carbocycles. The Balaban J connectivity index is 2.77. The molecule has 104 valence electrons. The molecule has 2 unspecified atom stereocenters. The zero-order valence-corrected chi connectivity index (χ0v) is 11.4. The van der Waals surface area contributed by atoms with Crippen LogP contribution in [-0.2, 0) is 9.53 Å². The second-order valence-electron chi connectivity index (χ2n) is 5.04. The van der Waals surface area contributed by atoms with Gasteiger partial charge in [0.25, 0.3) is 0 Å². The molecule has 6 heteroatoms. The van der Waals surface area contributed by atoms with Crippen LogP contribution in [0.5, 0.6) is 0 Å². The van der Waals surface area contributed by atoms with Crippen molar-refractivity contribution in [1.82, 2.24) is 9.80 Å². The molecule has 1 N–H and O–H groups in total. The van der Waals surface area contributed by atoms with Gasteiger partial charge in [-0.05, 0) is 27.7 Å². The molecule has 0 spiro atoms. The Kier molecular flexibility index (Phi) is 4.95. The van der Waals surface area contributed by atoms with Gasteiger partial charge in [0.05, 0.1) is 18.8 Å². The third-order valence-electron chi connectivity index (χ3n) is 3.03. The standard InChI is InChI=1S/C12H22N2O4/c1-8(2)13(6-11(15)16)12(17)14-5-10(4)18-7-9(14)3/h8-10H,5-7H2,1-4H3,(H,15,16). The summed E-state index contributed by atoms with van der Waals surface area (Å²) in [7, 11) is 0. The lowest BCUT2D eigenvalue weighted by Gasteiger charge is -2.40. The first kappa shape index (κ1) is 14.8. The predicted molar refractivity (Wildman–Crippen MR) is 66.5 cm³/mol. The van der Waals surface area contributed by atoms with Crippen LogP contribution in [0.4, 0.5) is 4.79 Å². The molecule has 0 aromatic rings.